The number of amides is 1. The molecule has 6 nitrogen and oxygen atoms in total. The molecule has 0 saturated heterocycles. The van der Waals surface area contributed by atoms with Gasteiger partial charge >= 0.3 is 0 Å². The van der Waals surface area contributed by atoms with Gasteiger partial charge in [-0.3, -0.25) is 9.78 Å². The number of rotatable bonds is 7. The topological polar surface area (TPSA) is 87.9 Å². The first-order valence-corrected chi connectivity index (χ1v) is 9.66. The molecule has 0 unspecified atom stereocenters. The number of nitrogens with one attached hydrogen (secondary N) is 1. The van der Waals surface area contributed by atoms with Crippen LogP contribution >= 0.6 is 11.8 Å². The van der Waals surface area contributed by atoms with Gasteiger partial charge in [0.2, 0.25) is 5.91 Å². The van der Waals surface area contributed by atoms with Gasteiger partial charge in [-0.1, -0.05) is 23.9 Å². The van der Waals surface area contributed by atoms with Gasteiger partial charge in [0.25, 0.3) is 0 Å². The molecular weight excluding hydrogens is 372 g/mol. The Morgan fingerprint density at radius 1 is 1.18 bits per heavy atom. The van der Waals surface area contributed by atoms with Crippen LogP contribution in [0, 0.1) is 11.3 Å². The number of para-hydroxylation sites is 2. The maximum atomic E-state index is 12.4. The van der Waals surface area contributed by atoms with E-state index in [-0.39, 0.29) is 11.7 Å². The first-order chi connectivity index (χ1) is 13.7. The van der Waals surface area contributed by atoms with Crippen molar-refractivity contribution in [2.24, 2.45) is 0 Å². The SMILES string of the molecule is CCOc1ccccc1NC(=O)CSc1nc(-c2ccncc2)ccc1C#N. The summed E-state index contributed by atoms with van der Waals surface area (Å²) in [6.07, 6.45) is 3.37. The highest BCUT2D eigenvalue weighted by Gasteiger charge is 2.12. The van der Waals surface area contributed by atoms with Crippen molar-refractivity contribution in [3.8, 4) is 23.1 Å². The van der Waals surface area contributed by atoms with E-state index in [1.165, 1.54) is 11.8 Å². The molecule has 0 spiro atoms. The van der Waals surface area contributed by atoms with Crippen LogP contribution in [0.4, 0.5) is 5.69 Å². The third-order valence-electron chi connectivity index (χ3n) is 3.76. The second kappa shape index (κ2) is 9.53. The Morgan fingerprint density at radius 2 is 1.96 bits per heavy atom. The highest BCUT2D eigenvalue weighted by Crippen LogP contribution is 2.27. The average molecular weight is 390 g/mol. The predicted molar refractivity (Wildman–Crippen MR) is 109 cm³/mol. The normalized spacial score (nSPS) is 10.1. The van der Waals surface area contributed by atoms with E-state index in [0.717, 1.165) is 11.3 Å². The number of nitrogens with zero attached hydrogens (tertiary/aromatic N) is 3. The quantitative estimate of drug-likeness (QED) is 0.610. The van der Waals surface area contributed by atoms with Gasteiger partial charge in [-0.05, 0) is 43.3 Å². The summed E-state index contributed by atoms with van der Waals surface area (Å²) < 4.78 is 5.52. The minimum Gasteiger partial charge on any atom is -0.492 e. The number of anilines is 1. The lowest BCUT2D eigenvalue weighted by Gasteiger charge is -2.11. The predicted octanol–water partition coefficient (Wildman–Crippen LogP) is 4.14. The Labute approximate surface area is 167 Å². The summed E-state index contributed by atoms with van der Waals surface area (Å²) in [6.45, 7) is 2.40. The third-order valence-corrected chi connectivity index (χ3v) is 4.75. The Balaban J connectivity index is 1.72. The standard InChI is InChI=1S/C21H18N4O2S/c1-2-27-19-6-4-3-5-18(19)24-20(26)14-28-21-16(13-22)7-8-17(25-21)15-9-11-23-12-10-15/h3-12H,2,14H2,1H3,(H,24,26). The fourth-order valence-electron chi connectivity index (χ4n) is 2.49. The number of hydrogen-bond acceptors (Lipinski definition) is 6. The van der Waals surface area contributed by atoms with Crippen molar-refractivity contribution >= 4 is 23.4 Å². The van der Waals surface area contributed by atoms with E-state index in [1.54, 1.807) is 36.7 Å². The zero-order valence-corrected chi connectivity index (χ0v) is 16.1. The number of carbonyl (C=O) groups is 1. The molecule has 3 rings (SSSR count). The van der Waals surface area contributed by atoms with E-state index < -0.39 is 0 Å². The highest BCUT2D eigenvalue weighted by molar-refractivity contribution is 8.00. The molecule has 0 aliphatic heterocycles. The minimum atomic E-state index is -0.197. The summed E-state index contributed by atoms with van der Waals surface area (Å²) in [5.74, 6) is 0.554. The Bertz CT molecular complexity index is 1000. The highest BCUT2D eigenvalue weighted by atomic mass is 32.2. The Morgan fingerprint density at radius 3 is 2.71 bits per heavy atom. The van der Waals surface area contributed by atoms with Crippen LogP contribution < -0.4 is 10.1 Å². The van der Waals surface area contributed by atoms with Crippen LogP contribution in [-0.4, -0.2) is 28.2 Å². The molecule has 7 heteroatoms. The van der Waals surface area contributed by atoms with Crippen molar-refractivity contribution in [2.75, 3.05) is 17.7 Å². The van der Waals surface area contributed by atoms with Gasteiger partial charge in [0.15, 0.2) is 0 Å². The number of ether oxygens (including phenoxy) is 1. The molecule has 28 heavy (non-hydrogen) atoms. The van der Waals surface area contributed by atoms with Gasteiger partial charge in [-0.15, -0.1) is 0 Å². The Kier molecular flexibility index (Phi) is 6.60. The van der Waals surface area contributed by atoms with Crippen LogP contribution in [0.15, 0.2) is 66.0 Å². The number of nitriles is 1. The first kappa shape index (κ1) is 19.4. The van der Waals surface area contributed by atoms with E-state index in [1.807, 2.05) is 31.2 Å². The van der Waals surface area contributed by atoms with Crippen LogP contribution in [0.5, 0.6) is 5.75 Å². The first-order valence-electron chi connectivity index (χ1n) is 8.67. The van der Waals surface area contributed by atoms with Crippen molar-refractivity contribution < 1.29 is 9.53 Å². The smallest absolute Gasteiger partial charge is 0.234 e. The van der Waals surface area contributed by atoms with E-state index in [0.29, 0.717) is 28.6 Å². The molecule has 1 aromatic carbocycles. The summed E-state index contributed by atoms with van der Waals surface area (Å²) in [4.78, 5) is 20.9. The molecule has 2 aromatic heterocycles. The van der Waals surface area contributed by atoms with Crippen molar-refractivity contribution in [3.05, 3.63) is 66.5 Å². The summed E-state index contributed by atoms with van der Waals surface area (Å²) in [7, 11) is 0. The fourth-order valence-corrected chi connectivity index (χ4v) is 3.26. The van der Waals surface area contributed by atoms with Crippen LogP contribution in [0.1, 0.15) is 12.5 Å². The molecule has 0 radical (unpaired) electrons. The molecular formula is C21H18N4O2S. The molecule has 0 bridgehead atoms. The number of benzene rings is 1. The summed E-state index contributed by atoms with van der Waals surface area (Å²) in [6, 6.07) is 16.6. The molecule has 0 aliphatic carbocycles. The van der Waals surface area contributed by atoms with Gasteiger partial charge in [0, 0.05) is 18.0 Å². The van der Waals surface area contributed by atoms with Gasteiger partial charge in [0.1, 0.15) is 16.8 Å². The molecule has 0 saturated carbocycles. The number of hydrogen-bond donors (Lipinski definition) is 1. The van der Waals surface area contributed by atoms with Crippen LogP contribution in [0.2, 0.25) is 0 Å². The molecule has 140 valence electrons. The maximum Gasteiger partial charge on any atom is 0.234 e. The summed E-state index contributed by atoms with van der Waals surface area (Å²) >= 11 is 1.22. The maximum absolute atomic E-state index is 12.4. The third kappa shape index (κ3) is 4.87. The molecule has 0 aliphatic rings. The van der Waals surface area contributed by atoms with Crippen LogP contribution in [0.3, 0.4) is 0 Å². The molecule has 2 heterocycles. The van der Waals surface area contributed by atoms with Gasteiger partial charge in [-0.25, -0.2) is 4.98 Å². The molecule has 3 aromatic rings. The number of pyridine rings is 2. The van der Waals surface area contributed by atoms with Crippen LogP contribution in [0.25, 0.3) is 11.3 Å². The fraction of sp³-hybridized carbons (Fsp3) is 0.143. The summed E-state index contributed by atoms with van der Waals surface area (Å²) in [5.41, 5.74) is 2.68. The monoisotopic (exact) mass is 390 g/mol. The lowest BCUT2D eigenvalue weighted by Crippen LogP contribution is -2.15. The van der Waals surface area contributed by atoms with E-state index in [2.05, 4.69) is 21.4 Å². The van der Waals surface area contributed by atoms with Gasteiger partial charge in [0.05, 0.1) is 29.3 Å². The van der Waals surface area contributed by atoms with Crippen molar-refractivity contribution in [1.29, 1.82) is 5.26 Å². The molecule has 1 amide bonds. The van der Waals surface area contributed by atoms with E-state index >= 15 is 0 Å². The molecule has 1 N–H and O–H groups in total. The van der Waals surface area contributed by atoms with Crippen molar-refractivity contribution in [2.45, 2.75) is 11.9 Å². The average Bonchev–Trinajstić information content (AvgIpc) is 2.74. The lowest BCUT2D eigenvalue weighted by molar-refractivity contribution is -0.113. The van der Waals surface area contributed by atoms with Crippen LogP contribution in [-0.2, 0) is 4.79 Å². The van der Waals surface area contributed by atoms with Gasteiger partial charge < -0.3 is 10.1 Å². The van der Waals surface area contributed by atoms with E-state index in [4.69, 9.17) is 4.74 Å². The zero-order valence-electron chi connectivity index (χ0n) is 15.3. The molecule has 0 atom stereocenters. The number of thioether (sulfide) groups is 1. The second-order valence-corrected chi connectivity index (χ2v) is 6.63. The Hall–Kier alpha value is -3.37. The van der Waals surface area contributed by atoms with Crippen molar-refractivity contribution in [1.82, 2.24) is 9.97 Å². The van der Waals surface area contributed by atoms with Crippen molar-refractivity contribution in [3.63, 3.8) is 0 Å². The minimum absolute atomic E-state index is 0.127. The van der Waals surface area contributed by atoms with E-state index in [9.17, 15) is 10.1 Å². The largest absolute Gasteiger partial charge is 0.492 e. The summed E-state index contributed by atoms with van der Waals surface area (Å²) in [5, 5.41) is 12.7. The molecule has 0 fully saturated rings. The lowest BCUT2D eigenvalue weighted by atomic mass is 10.1. The number of carbonyl (C=O) groups excluding carboxylic acids is 1. The van der Waals surface area contributed by atoms with Gasteiger partial charge in [-0.2, -0.15) is 5.26 Å². The number of aromatic nitrogens is 2. The zero-order chi connectivity index (χ0) is 19.8. The second-order valence-electron chi connectivity index (χ2n) is 5.66.